The van der Waals surface area contributed by atoms with Crippen molar-refractivity contribution in [2.75, 3.05) is 18.4 Å². The van der Waals surface area contributed by atoms with Crippen molar-refractivity contribution in [3.05, 3.63) is 59.2 Å². The molecule has 3 aromatic rings. The minimum absolute atomic E-state index is 0.0463. The number of hydrogen-bond donors (Lipinski definition) is 3. The molecule has 2 fully saturated rings. The fraction of sp³-hybridized carbons (Fsp3) is 0.500. The number of carbonyl (C=O) groups excluding carboxylic acids is 1. The smallest absolute Gasteiger partial charge is 0.393 e. The van der Waals surface area contributed by atoms with Crippen molar-refractivity contribution in [3.8, 4) is 0 Å². The monoisotopic (exact) mass is 539 g/mol. The van der Waals surface area contributed by atoms with Gasteiger partial charge in [0.2, 0.25) is 0 Å². The summed E-state index contributed by atoms with van der Waals surface area (Å²) in [5, 5.41) is 19.2. The number of carbonyl (C=O) groups is 1. The van der Waals surface area contributed by atoms with Gasteiger partial charge >= 0.3 is 12.2 Å². The van der Waals surface area contributed by atoms with Gasteiger partial charge in [-0.2, -0.15) is 22.8 Å². The Bertz CT molecular complexity index is 1480. The summed E-state index contributed by atoms with van der Waals surface area (Å²) < 4.78 is 94.0. The second kappa shape index (κ2) is 10.4. The normalized spacial score (nSPS) is 26.4. The molecule has 2 aromatic heterocycles. The third kappa shape index (κ3) is 5.40. The van der Waals surface area contributed by atoms with E-state index >= 15 is 0 Å². The predicted molar refractivity (Wildman–Crippen MR) is 132 cm³/mol. The molecule has 5 rings (SSSR count). The van der Waals surface area contributed by atoms with Gasteiger partial charge in [-0.1, -0.05) is 19.0 Å². The van der Waals surface area contributed by atoms with E-state index in [1.807, 2.05) is 0 Å². The third-order valence-electron chi connectivity index (χ3n) is 7.18. The zero-order valence-corrected chi connectivity index (χ0v) is 20.2. The number of anilines is 1. The van der Waals surface area contributed by atoms with Gasteiger partial charge in [-0.05, 0) is 49.8 Å². The summed E-state index contributed by atoms with van der Waals surface area (Å²) >= 11 is 0. The highest BCUT2D eigenvalue weighted by atomic mass is 19.4. The van der Waals surface area contributed by atoms with Crippen LogP contribution in [0.2, 0.25) is 0 Å². The molecule has 1 saturated carbocycles. The largest absolute Gasteiger partial charge is 0.435 e. The van der Waals surface area contributed by atoms with Crippen LogP contribution in [0.5, 0.6) is 0 Å². The number of aliphatic hydroxyl groups is 1. The van der Waals surface area contributed by atoms with Crippen LogP contribution >= 0.6 is 0 Å². The minimum atomic E-state index is -4.85. The van der Waals surface area contributed by atoms with Crippen molar-refractivity contribution in [2.45, 2.75) is 69.2 Å². The fourth-order valence-electron chi connectivity index (χ4n) is 5.06. The van der Waals surface area contributed by atoms with Crippen molar-refractivity contribution in [2.24, 2.45) is 0 Å². The Morgan fingerprint density at radius 3 is 2.63 bits per heavy atom. The lowest BCUT2D eigenvalue weighted by molar-refractivity contribution is -0.141. The molecular formula is C26H30F4N6O2. The zero-order valence-electron chi connectivity index (χ0n) is 25.2. The summed E-state index contributed by atoms with van der Waals surface area (Å²) in [7, 11) is 0. The first-order valence-corrected chi connectivity index (χ1v) is 12.3. The Morgan fingerprint density at radius 1 is 1.21 bits per heavy atom. The number of likely N-dealkylation sites (tertiary alicyclic amines) is 1. The molecule has 0 spiro atoms. The molecule has 2 aliphatic rings. The van der Waals surface area contributed by atoms with Crippen molar-refractivity contribution in [1.82, 2.24) is 24.8 Å². The summed E-state index contributed by atoms with van der Waals surface area (Å²) in [5.74, 6) is -0.878. The minimum Gasteiger partial charge on any atom is -0.393 e. The molecule has 3 N–H and O–H groups in total. The van der Waals surface area contributed by atoms with Gasteiger partial charge in [-0.3, -0.25) is 0 Å². The maximum atomic E-state index is 13.6. The number of urea groups is 1. The van der Waals surface area contributed by atoms with E-state index in [0.29, 0.717) is 31.7 Å². The molecule has 12 heteroatoms. The van der Waals surface area contributed by atoms with Crippen LogP contribution in [0.15, 0.2) is 36.4 Å². The number of aromatic nitrogens is 3. The molecule has 1 saturated heterocycles. The molecule has 1 aromatic carbocycles. The van der Waals surface area contributed by atoms with E-state index < -0.39 is 54.4 Å². The van der Waals surface area contributed by atoms with E-state index in [1.54, 1.807) is 12.1 Å². The second-order valence-corrected chi connectivity index (χ2v) is 9.66. The fourth-order valence-corrected chi connectivity index (χ4v) is 5.06. The Morgan fingerprint density at radius 2 is 1.95 bits per heavy atom. The maximum absolute atomic E-state index is 13.6. The van der Waals surface area contributed by atoms with Crippen LogP contribution in [-0.4, -0.2) is 61.9 Å². The van der Waals surface area contributed by atoms with E-state index in [2.05, 4.69) is 20.7 Å². The summed E-state index contributed by atoms with van der Waals surface area (Å²) in [4.78, 5) is 18.6. The molecule has 1 aliphatic carbocycles. The number of aryl methyl sites for hydroxylation is 1. The van der Waals surface area contributed by atoms with Crippen molar-refractivity contribution < 1.29 is 34.3 Å². The van der Waals surface area contributed by atoms with E-state index in [-0.39, 0.29) is 36.9 Å². The molecule has 1 aliphatic heterocycles. The van der Waals surface area contributed by atoms with Gasteiger partial charge < -0.3 is 20.6 Å². The standard InChI is InChI=1S/C26H30F4N6O2/c1-2-17-11-23(36-24(32-17)12-22(34-36)26(28,29)30)31-13-21-20(15-3-5-16(27)6-4-15)14-35(21)25(38)33-18-7-9-19(37)10-8-18/h3-6,11-12,18-21,31,37H,2,7-10,13-14H2,1H3,(H,33,38)/i1D3,2D2. The summed E-state index contributed by atoms with van der Waals surface area (Å²) in [6.07, 6.45) is -5.93. The molecule has 0 bridgehead atoms. The van der Waals surface area contributed by atoms with Crippen LogP contribution < -0.4 is 10.6 Å². The van der Waals surface area contributed by atoms with Crippen LogP contribution in [-0.2, 0) is 12.5 Å². The quantitative estimate of drug-likeness (QED) is 0.405. The first-order valence-electron chi connectivity index (χ1n) is 14.8. The third-order valence-corrected chi connectivity index (χ3v) is 7.18. The molecule has 2 atom stereocenters. The van der Waals surface area contributed by atoms with Gasteiger partial charge in [0, 0.05) is 49.7 Å². The average molecular weight is 540 g/mol. The number of halogens is 4. The summed E-state index contributed by atoms with van der Waals surface area (Å²) in [6, 6.07) is 6.26. The van der Waals surface area contributed by atoms with Gasteiger partial charge in [0.15, 0.2) is 11.3 Å². The molecule has 204 valence electrons. The maximum Gasteiger partial charge on any atom is 0.435 e. The van der Waals surface area contributed by atoms with E-state index in [1.165, 1.54) is 17.0 Å². The number of hydrogen-bond acceptors (Lipinski definition) is 5. The average Bonchev–Trinajstić information content (AvgIpc) is 3.35. The topological polar surface area (TPSA) is 94.8 Å². The van der Waals surface area contributed by atoms with Gasteiger partial charge in [0.25, 0.3) is 0 Å². The van der Waals surface area contributed by atoms with E-state index in [9.17, 15) is 27.5 Å². The Kier molecular flexibility index (Phi) is 5.62. The molecular weight excluding hydrogens is 504 g/mol. The molecule has 2 unspecified atom stereocenters. The second-order valence-electron chi connectivity index (χ2n) is 9.66. The number of benzene rings is 1. The molecule has 8 nitrogen and oxygen atoms in total. The van der Waals surface area contributed by atoms with Gasteiger partial charge in [0.05, 0.1) is 12.1 Å². The van der Waals surface area contributed by atoms with E-state index in [4.69, 9.17) is 6.85 Å². The predicted octanol–water partition coefficient (Wildman–Crippen LogP) is 4.34. The first-order chi connectivity index (χ1) is 20.0. The molecule has 2 amide bonds. The number of amides is 2. The lowest BCUT2D eigenvalue weighted by Crippen LogP contribution is -2.63. The van der Waals surface area contributed by atoms with Crippen molar-refractivity contribution in [1.29, 1.82) is 0 Å². The SMILES string of the molecule is [2H]C([2H])([2H])C([2H])([2H])c1cc(NCC2C(c3ccc(F)cc3)CN2C(=O)NC2CCC(O)CC2)n2nc(C(F)(F)F)cc2n1. The number of nitrogens with zero attached hydrogens (tertiary/aromatic N) is 4. The molecule has 38 heavy (non-hydrogen) atoms. The number of nitrogens with one attached hydrogen (secondary N) is 2. The van der Waals surface area contributed by atoms with Crippen LogP contribution in [0.25, 0.3) is 5.65 Å². The molecule has 3 heterocycles. The van der Waals surface area contributed by atoms with E-state index in [0.717, 1.165) is 16.1 Å². The van der Waals surface area contributed by atoms with Crippen molar-refractivity contribution >= 4 is 17.5 Å². The van der Waals surface area contributed by atoms with Crippen LogP contribution in [0.4, 0.5) is 28.2 Å². The molecule has 0 radical (unpaired) electrons. The van der Waals surface area contributed by atoms with Crippen molar-refractivity contribution in [3.63, 3.8) is 0 Å². The summed E-state index contributed by atoms with van der Waals surface area (Å²) in [6.45, 7) is -2.94. The highest BCUT2D eigenvalue weighted by molar-refractivity contribution is 5.76. The van der Waals surface area contributed by atoms with Crippen LogP contribution in [0.1, 0.15) is 62.3 Å². The number of fused-ring (bicyclic) bond motifs is 1. The lowest BCUT2D eigenvalue weighted by atomic mass is 9.82. The van der Waals surface area contributed by atoms with Gasteiger partial charge in [-0.25, -0.2) is 14.2 Å². The zero-order chi connectivity index (χ0) is 31.3. The van der Waals surface area contributed by atoms with Crippen LogP contribution in [0.3, 0.4) is 0 Å². The van der Waals surface area contributed by atoms with Crippen LogP contribution in [0, 0.1) is 5.82 Å². The number of alkyl halides is 3. The van der Waals surface area contributed by atoms with Gasteiger partial charge in [-0.15, -0.1) is 0 Å². The highest BCUT2D eigenvalue weighted by Gasteiger charge is 2.43. The lowest BCUT2D eigenvalue weighted by Gasteiger charge is -2.49. The first kappa shape index (κ1) is 20.5. The Balaban J connectivity index is 1.45. The summed E-state index contributed by atoms with van der Waals surface area (Å²) in [5.41, 5.74) is -1.61. The Labute approximate surface area is 224 Å². The van der Waals surface area contributed by atoms with Gasteiger partial charge in [0.1, 0.15) is 11.6 Å². The number of aliphatic hydroxyl groups excluding tert-OH is 1. The highest BCUT2D eigenvalue weighted by Crippen LogP contribution is 2.35. The Hall–Kier alpha value is -3.41. The number of rotatable bonds is 6.